The Morgan fingerprint density at radius 2 is 1.66 bits per heavy atom. The molecule has 0 bridgehead atoms. The molecule has 0 radical (unpaired) electrons. The minimum atomic E-state index is 0.191. The minimum Gasteiger partial charge on any atom is -0.396 e. The van der Waals surface area contributed by atoms with Gasteiger partial charge in [0.2, 0.25) is 0 Å². The summed E-state index contributed by atoms with van der Waals surface area (Å²) in [6, 6.07) is 19.8. The fourth-order valence-electron chi connectivity index (χ4n) is 4.43. The van der Waals surface area contributed by atoms with Crippen LogP contribution in [0.15, 0.2) is 90.6 Å². The van der Waals surface area contributed by atoms with E-state index in [1.807, 2.05) is 6.08 Å². The lowest BCUT2D eigenvalue weighted by molar-refractivity contribution is 0.290. The molecular formula is C30H37NO. The number of benzene rings is 2. The summed E-state index contributed by atoms with van der Waals surface area (Å²) < 4.78 is 0. The van der Waals surface area contributed by atoms with E-state index in [0.717, 1.165) is 31.5 Å². The molecule has 0 spiro atoms. The first kappa shape index (κ1) is 24.0. The summed E-state index contributed by atoms with van der Waals surface area (Å²) in [6.45, 7) is 10.5. The molecule has 2 N–H and O–H groups in total. The van der Waals surface area contributed by atoms with Crippen LogP contribution >= 0.6 is 0 Å². The number of aliphatic hydroxyl groups is 1. The predicted molar refractivity (Wildman–Crippen MR) is 139 cm³/mol. The van der Waals surface area contributed by atoms with Gasteiger partial charge in [-0.25, -0.2) is 0 Å². The van der Waals surface area contributed by atoms with Gasteiger partial charge in [-0.15, -0.1) is 0 Å². The molecule has 3 rings (SSSR count). The van der Waals surface area contributed by atoms with Crippen LogP contribution in [0, 0.1) is 0 Å². The van der Waals surface area contributed by atoms with Crippen molar-refractivity contribution in [1.82, 2.24) is 5.32 Å². The van der Waals surface area contributed by atoms with E-state index in [1.165, 1.54) is 46.3 Å². The van der Waals surface area contributed by atoms with E-state index in [0.29, 0.717) is 5.92 Å². The Kier molecular flexibility index (Phi) is 9.27. The van der Waals surface area contributed by atoms with Crippen molar-refractivity contribution >= 4 is 11.1 Å². The molecule has 0 unspecified atom stereocenters. The number of hydrogen-bond acceptors (Lipinski definition) is 2. The molecule has 1 fully saturated rings. The Balaban J connectivity index is 2.10. The smallest absolute Gasteiger partial charge is 0.0434 e. The van der Waals surface area contributed by atoms with E-state index in [1.54, 1.807) is 0 Å². The third kappa shape index (κ3) is 6.41. The summed E-state index contributed by atoms with van der Waals surface area (Å²) in [5.41, 5.74) is 8.80. The van der Waals surface area contributed by atoms with E-state index >= 15 is 0 Å². The second-order valence-electron chi connectivity index (χ2n) is 8.66. The quantitative estimate of drug-likeness (QED) is 0.336. The van der Waals surface area contributed by atoms with Crippen LogP contribution < -0.4 is 5.32 Å². The van der Waals surface area contributed by atoms with Gasteiger partial charge in [-0.2, -0.15) is 0 Å². The molecule has 1 heterocycles. The Bertz CT molecular complexity index is 958. The van der Waals surface area contributed by atoms with Gasteiger partial charge in [-0.3, -0.25) is 0 Å². The highest BCUT2D eigenvalue weighted by atomic mass is 16.2. The van der Waals surface area contributed by atoms with Crippen LogP contribution in [0.4, 0.5) is 0 Å². The number of rotatable bonds is 9. The molecule has 1 aliphatic rings. The molecule has 168 valence electrons. The predicted octanol–water partition coefficient (Wildman–Crippen LogP) is 6.92. The molecule has 32 heavy (non-hydrogen) atoms. The maximum absolute atomic E-state index is 9.58. The monoisotopic (exact) mass is 427 g/mol. The Labute approximate surface area is 194 Å². The number of piperidine rings is 1. The van der Waals surface area contributed by atoms with Crippen molar-refractivity contribution in [3.8, 4) is 0 Å². The van der Waals surface area contributed by atoms with Gasteiger partial charge in [0.1, 0.15) is 0 Å². The summed E-state index contributed by atoms with van der Waals surface area (Å²) in [5, 5.41) is 13.0. The van der Waals surface area contributed by atoms with Crippen molar-refractivity contribution < 1.29 is 5.11 Å². The summed E-state index contributed by atoms with van der Waals surface area (Å²) in [4.78, 5) is 0. The van der Waals surface area contributed by atoms with Gasteiger partial charge in [-0.1, -0.05) is 85.0 Å². The van der Waals surface area contributed by atoms with Crippen molar-refractivity contribution in [3.63, 3.8) is 0 Å². The second-order valence-corrected chi connectivity index (χ2v) is 8.66. The molecule has 2 aromatic carbocycles. The number of aliphatic hydroxyl groups excluding tert-OH is 1. The summed E-state index contributed by atoms with van der Waals surface area (Å²) in [5.74, 6) is 0.649. The number of nitrogens with one attached hydrogen (secondary N) is 1. The van der Waals surface area contributed by atoms with Gasteiger partial charge < -0.3 is 10.4 Å². The van der Waals surface area contributed by atoms with Gasteiger partial charge in [0.05, 0.1) is 0 Å². The molecule has 0 aliphatic carbocycles. The fraction of sp³-hybridized carbons (Fsp3) is 0.333. The molecule has 0 aromatic heterocycles. The molecule has 2 nitrogen and oxygen atoms in total. The lowest BCUT2D eigenvalue weighted by Gasteiger charge is -2.23. The average molecular weight is 428 g/mol. The Morgan fingerprint density at radius 3 is 2.28 bits per heavy atom. The van der Waals surface area contributed by atoms with Crippen molar-refractivity contribution in [2.45, 2.75) is 45.4 Å². The molecule has 2 aromatic rings. The van der Waals surface area contributed by atoms with Crippen LogP contribution in [-0.4, -0.2) is 24.8 Å². The molecule has 0 atom stereocenters. The fourth-order valence-corrected chi connectivity index (χ4v) is 4.43. The highest BCUT2D eigenvalue weighted by Gasteiger charge is 2.17. The van der Waals surface area contributed by atoms with E-state index in [4.69, 9.17) is 0 Å². The third-order valence-corrected chi connectivity index (χ3v) is 6.33. The molecule has 0 amide bonds. The van der Waals surface area contributed by atoms with Crippen LogP contribution in [-0.2, 0) is 0 Å². The van der Waals surface area contributed by atoms with E-state index < -0.39 is 0 Å². The maximum Gasteiger partial charge on any atom is 0.0434 e. The van der Waals surface area contributed by atoms with Gasteiger partial charge in [0.15, 0.2) is 0 Å². The van der Waals surface area contributed by atoms with Gasteiger partial charge in [-0.05, 0) is 91.9 Å². The maximum atomic E-state index is 9.58. The highest BCUT2D eigenvalue weighted by Crippen LogP contribution is 2.36. The lowest BCUT2D eigenvalue weighted by Crippen LogP contribution is -2.26. The molecule has 1 saturated heterocycles. The first-order valence-electron chi connectivity index (χ1n) is 11.8. The largest absolute Gasteiger partial charge is 0.396 e. The highest BCUT2D eigenvalue weighted by molar-refractivity contribution is 5.98. The zero-order valence-corrected chi connectivity index (χ0v) is 19.6. The summed E-state index contributed by atoms with van der Waals surface area (Å²) in [7, 11) is 0. The molecule has 2 heteroatoms. The zero-order chi connectivity index (χ0) is 22.8. The SMILES string of the molecule is C=C\C(C)=C/C=C(C)/C(=C(\CCCO)c1ccccc1)c1ccc(C2CCNCC2)cc1. The van der Waals surface area contributed by atoms with Crippen molar-refractivity contribution in [1.29, 1.82) is 0 Å². The van der Waals surface area contributed by atoms with Crippen LogP contribution in [0.25, 0.3) is 11.1 Å². The van der Waals surface area contributed by atoms with Gasteiger partial charge in [0, 0.05) is 6.61 Å². The molecular weight excluding hydrogens is 390 g/mol. The lowest BCUT2D eigenvalue weighted by atomic mass is 9.85. The first-order valence-corrected chi connectivity index (χ1v) is 11.8. The average Bonchev–Trinajstić information content (AvgIpc) is 2.86. The first-order chi connectivity index (χ1) is 15.6. The van der Waals surface area contributed by atoms with Crippen LogP contribution in [0.5, 0.6) is 0 Å². The van der Waals surface area contributed by atoms with Crippen molar-refractivity contribution in [2.75, 3.05) is 19.7 Å². The van der Waals surface area contributed by atoms with Gasteiger partial charge in [0.25, 0.3) is 0 Å². The summed E-state index contributed by atoms with van der Waals surface area (Å²) >= 11 is 0. The van der Waals surface area contributed by atoms with Gasteiger partial charge >= 0.3 is 0 Å². The zero-order valence-electron chi connectivity index (χ0n) is 19.6. The van der Waals surface area contributed by atoms with Crippen LogP contribution in [0.3, 0.4) is 0 Å². The topological polar surface area (TPSA) is 32.3 Å². The van der Waals surface area contributed by atoms with Crippen LogP contribution in [0.1, 0.15) is 62.1 Å². The van der Waals surface area contributed by atoms with E-state index in [-0.39, 0.29) is 6.61 Å². The Hall–Kier alpha value is -2.68. The third-order valence-electron chi connectivity index (χ3n) is 6.33. The Morgan fingerprint density at radius 1 is 0.969 bits per heavy atom. The summed E-state index contributed by atoms with van der Waals surface area (Å²) in [6.07, 6.45) is 10.2. The molecule has 0 saturated carbocycles. The standard InChI is InChI=1S/C30H37NO/c1-4-23(2)12-13-24(3)30(29(11-8-22-32)27-9-6-5-7-10-27)28-16-14-25(15-17-28)26-18-20-31-21-19-26/h4-7,9-10,12-17,26,31-32H,1,8,11,18-22H2,2-3H3/b23-12-,24-13+,30-29-. The van der Waals surface area contributed by atoms with E-state index in [2.05, 4.69) is 92.5 Å². The number of hydrogen-bond donors (Lipinski definition) is 2. The minimum absolute atomic E-state index is 0.191. The number of allylic oxidation sites excluding steroid dienone is 7. The van der Waals surface area contributed by atoms with Crippen LogP contribution in [0.2, 0.25) is 0 Å². The molecule has 1 aliphatic heterocycles. The second kappa shape index (κ2) is 12.4. The van der Waals surface area contributed by atoms with Crippen molar-refractivity contribution in [2.24, 2.45) is 0 Å². The van der Waals surface area contributed by atoms with Crippen molar-refractivity contribution in [3.05, 3.63) is 107 Å². The van der Waals surface area contributed by atoms with E-state index in [9.17, 15) is 5.11 Å². The normalized spacial score (nSPS) is 16.6.